The summed E-state index contributed by atoms with van der Waals surface area (Å²) in [5, 5.41) is 0. The van der Waals surface area contributed by atoms with Gasteiger partial charge in [0.05, 0.1) is 17.1 Å². The van der Waals surface area contributed by atoms with Gasteiger partial charge in [-0.15, -0.1) is 0 Å². The first-order valence-electron chi connectivity index (χ1n) is 6.66. The highest BCUT2D eigenvalue weighted by Crippen LogP contribution is 2.28. The van der Waals surface area contributed by atoms with Crippen LogP contribution in [0.2, 0.25) is 0 Å². The average Bonchev–Trinajstić information content (AvgIpc) is 2.76. The third kappa shape index (κ3) is 2.50. The zero-order valence-corrected chi connectivity index (χ0v) is 13.9. The smallest absolute Gasteiger partial charge is 0.201 e. The van der Waals surface area contributed by atoms with Crippen LogP contribution in [0, 0.1) is 16.3 Å². The monoisotopic (exact) mass is 395 g/mol. The van der Waals surface area contributed by atoms with Crippen molar-refractivity contribution in [3.63, 3.8) is 0 Å². The molecule has 0 aliphatic rings. The van der Waals surface area contributed by atoms with Gasteiger partial charge in [-0.3, -0.25) is 0 Å². The van der Waals surface area contributed by atoms with E-state index in [0.717, 1.165) is 20.2 Å². The predicted octanol–water partition coefficient (Wildman–Crippen LogP) is 4.28. The Labute approximate surface area is 136 Å². The molecule has 0 saturated heterocycles. The van der Waals surface area contributed by atoms with Crippen LogP contribution in [-0.4, -0.2) is 9.55 Å². The van der Waals surface area contributed by atoms with Crippen LogP contribution in [0.15, 0.2) is 36.4 Å². The minimum atomic E-state index is -0.197. The number of benzene rings is 2. The minimum absolute atomic E-state index is 0.0786. The summed E-state index contributed by atoms with van der Waals surface area (Å²) in [6.45, 7) is 3.76. The van der Waals surface area contributed by atoms with E-state index in [1.54, 1.807) is 19.1 Å². The van der Waals surface area contributed by atoms with Gasteiger partial charge in [0, 0.05) is 3.57 Å². The highest BCUT2D eigenvalue weighted by atomic mass is 127. The van der Waals surface area contributed by atoms with E-state index in [0.29, 0.717) is 11.5 Å². The van der Waals surface area contributed by atoms with Crippen molar-refractivity contribution >= 4 is 39.6 Å². The molecule has 2 N–H and O–H groups in total. The fourth-order valence-electron chi connectivity index (χ4n) is 2.52. The van der Waals surface area contributed by atoms with Crippen molar-refractivity contribution in [1.29, 1.82) is 0 Å². The second kappa shape index (κ2) is 5.29. The maximum absolute atomic E-state index is 13.8. The molecule has 3 rings (SSSR count). The summed E-state index contributed by atoms with van der Waals surface area (Å²) < 4.78 is 16.8. The van der Waals surface area contributed by atoms with Crippen molar-refractivity contribution in [3.05, 3.63) is 56.9 Å². The van der Waals surface area contributed by atoms with Gasteiger partial charge in [0.1, 0.15) is 5.82 Å². The number of halogens is 2. The van der Waals surface area contributed by atoms with Crippen molar-refractivity contribution in [2.24, 2.45) is 0 Å². The van der Waals surface area contributed by atoms with Crippen molar-refractivity contribution in [1.82, 2.24) is 9.55 Å². The number of hydrogen-bond donors (Lipinski definition) is 1. The Bertz CT molecular complexity index is 826. The Hall–Kier alpha value is -1.63. The normalized spacial score (nSPS) is 12.8. The second-order valence-corrected chi connectivity index (χ2v) is 6.40. The lowest BCUT2D eigenvalue weighted by Gasteiger charge is -2.17. The first kappa shape index (κ1) is 14.3. The number of imidazole rings is 1. The number of anilines is 1. The second-order valence-electron chi connectivity index (χ2n) is 5.16. The van der Waals surface area contributed by atoms with E-state index < -0.39 is 0 Å². The molecule has 1 atom stereocenters. The summed E-state index contributed by atoms with van der Waals surface area (Å²) in [5.41, 5.74) is 9.40. The number of rotatable bonds is 2. The van der Waals surface area contributed by atoms with E-state index in [4.69, 9.17) is 5.73 Å². The SMILES string of the molecule is Cc1ccc(C(C)n2c(N)nc3cc(I)ccc32)cc1F. The van der Waals surface area contributed by atoms with Crippen LogP contribution in [0.25, 0.3) is 11.0 Å². The van der Waals surface area contributed by atoms with Crippen molar-refractivity contribution in [2.75, 3.05) is 5.73 Å². The van der Waals surface area contributed by atoms with E-state index >= 15 is 0 Å². The molecule has 0 radical (unpaired) electrons. The fourth-order valence-corrected chi connectivity index (χ4v) is 2.99. The Balaban J connectivity index is 2.14. The van der Waals surface area contributed by atoms with E-state index in [2.05, 4.69) is 27.6 Å². The minimum Gasteiger partial charge on any atom is -0.369 e. The number of fused-ring (bicyclic) bond motifs is 1. The molecule has 3 nitrogen and oxygen atoms in total. The Morgan fingerprint density at radius 1 is 1.24 bits per heavy atom. The van der Waals surface area contributed by atoms with Gasteiger partial charge in [-0.1, -0.05) is 12.1 Å². The third-order valence-electron chi connectivity index (χ3n) is 3.74. The summed E-state index contributed by atoms with van der Waals surface area (Å²) >= 11 is 2.25. The molecule has 0 amide bonds. The summed E-state index contributed by atoms with van der Waals surface area (Å²) in [4.78, 5) is 4.40. The van der Waals surface area contributed by atoms with Crippen LogP contribution >= 0.6 is 22.6 Å². The number of nitrogens with two attached hydrogens (primary N) is 1. The third-order valence-corrected chi connectivity index (χ3v) is 4.42. The number of hydrogen-bond acceptors (Lipinski definition) is 2. The maximum Gasteiger partial charge on any atom is 0.201 e. The number of nitrogens with zero attached hydrogens (tertiary/aromatic N) is 2. The summed E-state index contributed by atoms with van der Waals surface area (Å²) in [7, 11) is 0. The quantitative estimate of drug-likeness (QED) is 0.659. The molecule has 1 unspecified atom stereocenters. The van der Waals surface area contributed by atoms with Gasteiger partial charge in [0.2, 0.25) is 5.95 Å². The lowest BCUT2D eigenvalue weighted by molar-refractivity contribution is 0.604. The Morgan fingerprint density at radius 2 is 2.00 bits per heavy atom. The van der Waals surface area contributed by atoms with E-state index in [1.807, 2.05) is 35.8 Å². The van der Waals surface area contributed by atoms with Crippen molar-refractivity contribution in [3.8, 4) is 0 Å². The molecular weight excluding hydrogens is 380 g/mol. The topological polar surface area (TPSA) is 43.8 Å². The number of aryl methyl sites for hydroxylation is 1. The highest BCUT2D eigenvalue weighted by Gasteiger charge is 2.16. The molecule has 1 aromatic heterocycles. The lowest BCUT2D eigenvalue weighted by atomic mass is 10.1. The molecule has 0 bridgehead atoms. The summed E-state index contributed by atoms with van der Waals surface area (Å²) in [6, 6.07) is 11.2. The maximum atomic E-state index is 13.8. The number of aromatic nitrogens is 2. The molecule has 0 aliphatic heterocycles. The molecule has 3 aromatic rings. The van der Waals surface area contributed by atoms with Gasteiger partial charge < -0.3 is 10.3 Å². The average molecular weight is 395 g/mol. The Morgan fingerprint density at radius 3 is 2.71 bits per heavy atom. The van der Waals surface area contributed by atoms with Crippen LogP contribution in [0.1, 0.15) is 24.1 Å². The van der Waals surface area contributed by atoms with E-state index in [9.17, 15) is 4.39 Å². The lowest BCUT2D eigenvalue weighted by Crippen LogP contribution is -2.10. The van der Waals surface area contributed by atoms with Crippen molar-refractivity contribution < 1.29 is 4.39 Å². The zero-order valence-electron chi connectivity index (χ0n) is 11.8. The van der Waals surface area contributed by atoms with E-state index in [1.165, 1.54) is 0 Å². The van der Waals surface area contributed by atoms with Crippen LogP contribution < -0.4 is 5.73 Å². The van der Waals surface area contributed by atoms with Gasteiger partial charge >= 0.3 is 0 Å². The molecular formula is C16H15FIN3. The van der Waals surface area contributed by atoms with Gasteiger partial charge in [-0.25, -0.2) is 9.37 Å². The van der Waals surface area contributed by atoms with Gasteiger partial charge in [-0.05, 0) is 71.8 Å². The molecule has 0 spiro atoms. The van der Waals surface area contributed by atoms with Crippen LogP contribution in [0.3, 0.4) is 0 Å². The molecule has 0 aliphatic carbocycles. The molecule has 2 aromatic carbocycles. The van der Waals surface area contributed by atoms with Gasteiger partial charge in [0.25, 0.3) is 0 Å². The van der Waals surface area contributed by atoms with Crippen molar-refractivity contribution in [2.45, 2.75) is 19.9 Å². The molecule has 21 heavy (non-hydrogen) atoms. The van der Waals surface area contributed by atoms with Gasteiger partial charge in [-0.2, -0.15) is 0 Å². The molecule has 1 heterocycles. The molecule has 108 valence electrons. The number of nitrogen functional groups attached to an aromatic ring is 1. The van der Waals surface area contributed by atoms with Crippen LogP contribution in [0.4, 0.5) is 10.3 Å². The first-order chi connectivity index (χ1) is 9.97. The highest BCUT2D eigenvalue weighted by molar-refractivity contribution is 14.1. The summed E-state index contributed by atoms with van der Waals surface area (Å²) in [5.74, 6) is 0.248. The summed E-state index contributed by atoms with van der Waals surface area (Å²) in [6.07, 6.45) is 0. The molecule has 0 saturated carbocycles. The van der Waals surface area contributed by atoms with Gasteiger partial charge in [0.15, 0.2) is 0 Å². The molecule has 0 fully saturated rings. The predicted molar refractivity (Wildman–Crippen MR) is 91.8 cm³/mol. The van der Waals surface area contributed by atoms with E-state index in [-0.39, 0.29) is 11.9 Å². The van der Waals surface area contributed by atoms with Crippen LogP contribution in [-0.2, 0) is 0 Å². The largest absolute Gasteiger partial charge is 0.369 e. The Kier molecular flexibility index (Phi) is 3.61. The molecule has 5 heteroatoms. The fraction of sp³-hybridized carbons (Fsp3) is 0.188. The first-order valence-corrected chi connectivity index (χ1v) is 7.74. The van der Waals surface area contributed by atoms with Crippen LogP contribution in [0.5, 0.6) is 0 Å². The standard InChI is InChI=1S/C16H15FIN3/c1-9-3-4-11(7-13(9)17)10(2)21-15-6-5-12(18)8-14(15)20-16(21)19/h3-8,10H,1-2H3,(H2,19,20). The zero-order chi connectivity index (χ0) is 15.1.